The first-order valence-corrected chi connectivity index (χ1v) is 5.50. The van der Waals surface area contributed by atoms with Crippen LogP contribution in [0.5, 0.6) is 0 Å². The van der Waals surface area contributed by atoms with Gasteiger partial charge in [0.15, 0.2) is 5.82 Å². The van der Waals surface area contributed by atoms with Crippen molar-refractivity contribution in [1.29, 1.82) is 0 Å². The van der Waals surface area contributed by atoms with E-state index in [1.54, 1.807) is 19.1 Å². The van der Waals surface area contributed by atoms with Gasteiger partial charge in [0.2, 0.25) is 0 Å². The van der Waals surface area contributed by atoms with Crippen LogP contribution in [0, 0.1) is 12.7 Å². The number of pyridine rings is 1. The van der Waals surface area contributed by atoms with Crippen LogP contribution >= 0.6 is 0 Å². The summed E-state index contributed by atoms with van der Waals surface area (Å²) < 4.78 is 13.4. The summed E-state index contributed by atoms with van der Waals surface area (Å²) in [7, 11) is 0. The minimum absolute atomic E-state index is 0.000913. The molecule has 1 heterocycles. The minimum Gasteiger partial charge on any atom is -0.478 e. The van der Waals surface area contributed by atoms with Gasteiger partial charge < -0.3 is 16.2 Å². The number of nitrogens with one attached hydrogen (secondary N) is 1. The number of hydrogen-bond donors (Lipinski definition) is 3. The predicted octanol–water partition coefficient (Wildman–Crippen LogP) is 2.55. The van der Waals surface area contributed by atoms with Gasteiger partial charge in [0.1, 0.15) is 5.82 Å². The quantitative estimate of drug-likeness (QED) is 0.790. The second-order valence-electron chi connectivity index (χ2n) is 4.00. The van der Waals surface area contributed by atoms with Crippen LogP contribution in [-0.2, 0) is 0 Å². The maximum Gasteiger partial charge on any atom is 0.337 e. The van der Waals surface area contributed by atoms with Crippen molar-refractivity contribution in [3.05, 3.63) is 47.4 Å². The van der Waals surface area contributed by atoms with Gasteiger partial charge in [0, 0.05) is 17.4 Å². The van der Waals surface area contributed by atoms with Crippen LogP contribution in [0.4, 0.5) is 21.6 Å². The largest absolute Gasteiger partial charge is 0.478 e. The van der Waals surface area contributed by atoms with Crippen molar-refractivity contribution >= 4 is 23.2 Å². The lowest BCUT2D eigenvalue weighted by Crippen LogP contribution is -2.04. The molecule has 0 spiro atoms. The van der Waals surface area contributed by atoms with Crippen LogP contribution in [0.3, 0.4) is 0 Å². The molecule has 0 saturated heterocycles. The van der Waals surface area contributed by atoms with Gasteiger partial charge in [-0.2, -0.15) is 0 Å². The fraction of sp³-hybridized carbons (Fsp3) is 0.0769. The Morgan fingerprint density at radius 3 is 2.84 bits per heavy atom. The van der Waals surface area contributed by atoms with Gasteiger partial charge in [-0.15, -0.1) is 0 Å². The van der Waals surface area contributed by atoms with E-state index in [2.05, 4.69) is 10.3 Å². The molecule has 0 atom stereocenters. The van der Waals surface area contributed by atoms with E-state index in [1.165, 1.54) is 18.3 Å². The van der Waals surface area contributed by atoms with E-state index in [0.29, 0.717) is 17.1 Å². The normalized spacial score (nSPS) is 10.2. The second-order valence-corrected chi connectivity index (χ2v) is 4.00. The SMILES string of the molecule is Cc1c(F)cccc1Nc1ncc(C(=O)O)cc1N. The van der Waals surface area contributed by atoms with Crippen LogP contribution in [-0.4, -0.2) is 16.1 Å². The molecular weight excluding hydrogens is 249 g/mol. The topological polar surface area (TPSA) is 88.2 Å². The number of nitrogens with zero attached hydrogens (tertiary/aromatic N) is 1. The molecule has 0 aliphatic rings. The second kappa shape index (κ2) is 4.93. The van der Waals surface area contributed by atoms with Gasteiger partial charge in [-0.3, -0.25) is 0 Å². The van der Waals surface area contributed by atoms with Crippen molar-refractivity contribution < 1.29 is 14.3 Å². The number of carboxylic acids is 1. The first kappa shape index (κ1) is 12.8. The van der Waals surface area contributed by atoms with E-state index < -0.39 is 5.97 Å². The van der Waals surface area contributed by atoms with Gasteiger partial charge in [-0.05, 0) is 25.1 Å². The summed E-state index contributed by atoms with van der Waals surface area (Å²) >= 11 is 0. The molecule has 1 aromatic carbocycles. The zero-order valence-electron chi connectivity index (χ0n) is 10.1. The first-order chi connectivity index (χ1) is 8.99. The van der Waals surface area contributed by atoms with E-state index >= 15 is 0 Å². The molecule has 2 aromatic rings. The van der Waals surface area contributed by atoms with E-state index in [1.807, 2.05) is 0 Å². The average molecular weight is 261 g/mol. The number of carboxylic acid groups (broad SMARTS) is 1. The number of aromatic carboxylic acids is 1. The minimum atomic E-state index is -1.10. The molecule has 6 heteroatoms. The van der Waals surface area contributed by atoms with Gasteiger partial charge in [0.25, 0.3) is 0 Å². The number of aromatic nitrogens is 1. The highest BCUT2D eigenvalue weighted by molar-refractivity contribution is 5.89. The number of rotatable bonds is 3. The number of hydrogen-bond acceptors (Lipinski definition) is 4. The molecular formula is C13H12FN3O2. The summed E-state index contributed by atoms with van der Waals surface area (Å²) in [6, 6.07) is 5.90. The fourth-order valence-corrected chi connectivity index (χ4v) is 1.57. The monoisotopic (exact) mass is 261 g/mol. The summed E-state index contributed by atoms with van der Waals surface area (Å²) in [4.78, 5) is 14.7. The molecule has 0 aliphatic heterocycles. The molecule has 1 aromatic heterocycles. The van der Waals surface area contributed by atoms with Crippen molar-refractivity contribution in [1.82, 2.24) is 4.98 Å². The summed E-state index contributed by atoms with van der Waals surface area (Å²) in [5, 5.41) is 11.7. The van der Waals surface area contributed by atoms with Gasteiger partial charge in [0.05, 0.1) is 11.3 Å². The van der Waals surface area contributed by atoms with E-state index in [-0.39, 0.29) is 17.1 Å². The third-order valence-electron chi connectivity index (χ3n) is 2.68. The Kier molecular flexibility index (Phi) is 3.33. The van der Waals surface area contributed by atoms with Gasteiger partial charge >= 0.3 is 5.97 Å². The first-order valence-electron chi connectivity index (χ1n) is 5.50. The Balaban J connectivity index is 2.34. The summed E-state index contributed by atoms with van der Waals surface area (Å²) in [5.74, 6) is -1.16. The average Bonchev–Trinajstić information content (AvgIpc) is 2.37. The maximum atomic E-state index is 13.4. The number of benzene rings is 1. The number of nitrogens with two attached hydrogens (primary N) is 1. The Morgan fingerprint density at radius 2 is 2.21 bits per heavy atom. The molecule has 19 heavy (non-hydrogen) atoms. The zero-order chi connectivity index (χ0) is 14.0. The van der Waals surface area contributed by atoms with Crippen molar-refractivity contribution in [3.8, 4) is 0 Å². The van der Waals surface area contributed by atoms with Crippen LogP contribution < -0.4 is 11.1 Å². The highest BCUT2D eigenvalue weighted by Gasteiger charge is 2.09. The summed E-state index contributed by atoms with van der Waals surface area (Å²) in [6.45, 7) is 1.62. The highest BCUT2D eigenvalue weighted by atomic mass is 19.1. The molecule has 2 rings (SSSR count). The number of carbonyl (C=O) groups is 1. The van der Waals surface area contributed by atoms with E-state index in [0.717, 1.165) is 0 Å². The molecule has 0 unspecified atom stereocenters. The molecule has 0 fully saturated rings. The van der Waals surface area contributed by atoms with Gasteiger partial charge in [-0.1, -0.05) is 6.07 Å². The smallest absolute Gasteiger partial charge is 0.337 e. The maximum absolute atomic E-state index is 13.4. The van der Waals surface area contributed by atoms with Crippen LogP contribution in [0.1, 0.15) is 15.9 Å². The van der Waals surface area contributed by atoms with Crippen LogP contribution in [0.2, 0.25) is 0 Å². The molecule has 0 bridgehead atoms. The highest BCUT2D eigenvalue weighted by Crippen LogP contribution is 2.25. The van der Waals surface area contributed by atoms with Crippen LogP contribution in [0.25, 0.3) is 0 Å². The lowest BCUT2D eigenvalue weighted by atomic mass is 10.2. The summed E-state index contributed by atoms with van der Waals surface area (Å²) in [6.07, 6.45) is 1.19. The fourth-order valence-electron chi connectivity index (χ4n) is 1.57. The molecule has 0 radical (unpaired) electrons. The lowest BCUT2D eigenvalue weighted by molar-refractivity contribution is 0.0696. The Hall–Kier alpha value is -2.63. The molecule has 98 valence electrons. The molecule has 4 N–H and O–H groups in total. The third kappa shape index (κ3) is 2.62. The van der Waals surface area contributed by atoms with Crippen molar-refractivity contribution in [2.45, 2.75) is 6.92 Å². The zero-order valence-corrected chi connectivity index (χ0v) is 10.1. The number of halogens is 1. The third-order valence-corrected chi connectivity index (χ3v) is 2.68. The van der Waals surface area contributed by atoms with Crippen molar-refractivity contribution in [2.75, 3.05) is 11.1 Å². The lowest BCUT2D eigenvalue weighted by Gasteiger charge is -2.11. The van der Waals surface area contributed by atoms with Crippen molar-refractivity contribution in [3.63, 3.8) is 0 Å². The Labute approximate surface area is 108 Å². The number of anilines is 3. The summed E-state index contributed by atoms with van der Waals surface area (Å²) in [5.41, 5.74) is 6.86. The molecule has 5 nitrogen and oxygen atoms in total. The van der Waals surface area contributed by atoms with Gasteiger partial charge in [-0.25, -0.2) is 14.2 Å². The molecule has 0 amide bonds. The number of nitrogen functional groups attached to an aromatic ring is 1. The Morgan fingerprint density at radius 1 is 1.47 bits per heavy atom. The molecule has 0 aliphatic carbocycles. The Bertz CT molecular complexity index is 644. The predicted molar refractivity (Wildman–Crippen MR) is 70.0 cm³/mol. The molecule has 0 saturated carbocycles. The van der Waals surface area contributed by atoms with E-state index in [9.17, 15) is 9.18 Å². The van der Waals surface area contributed by atoms with Crippen molar-refractivity contribution in [2.24, 2.45) is 0 Å². The van der Waals surface area contributed by atoms with Crippen LogP contribution in [0.15, 0.2) is 30.5 Å². The standard InChI is InChI=1S/C13H12FN3O2/c1-7-9(14)3-2-4-11(7)17-12-10(15)5-8(6-16-12)13(18)19/h2-6H,15H2,1H3,(H,16,17)(H,18,19). The van der Waals surface area contributed by atoms with E-state index in [4.69, 9.17) is 10.8 Å².